The van der Waals surface area contributed by atoms with E-state index in [2.05, 4.69) is 37.3 Å². The Morgan fingerprint density at radius 1 is 1.20 bits per heavy atom. The molecule has 0 radical (unpaired) electrons. The number of amides is 1. The average molecular weight is 403 g/mol. The van der Waals surface area contributed by atoms with Gasteiger partial charge in [0.05, 0.1) is 13.3 Å². The van der Waals surface area contributed by atoms with Crippen molar-refractivity contribution in [3.8, 4) is 5.75 Å². The lowest BCUT2D eigenvalue weighted by molar-refractivity contribution is -0.122. The number of carbonyl (C=O) groups is 1. The van der Waals surface area contributed by atoms with E-state index in [1.165, 1.54) is 0 Å². The Bertz CT molecular complexity index is 747. The second kappa shape index (κ2) is 8.24. The molecule has 0 spiro atoms. The van der Waals surface area contributed by atoms with Gasteiger partial charge in [-0.3, -0.25) is 4.79 Å². The molecule has 3 rings (SSSR count). The zero-order valence-electron chi connectivity index (χ0n) is 13.7. The monoisotopic (exact) mass is 402 g/mol. The lowest BCUT2D eigenvalue weighted by Crippen LogP contribution is -2.41. The van der Waals surface area contributed by atoms with Crippen molar-refractivity contribution in [2.24, 2.45) is 5.10 Å². The molecule has 2 aromatic rings. The molecule has 0 saturated carbocycles. The van der Waals surface area contributed by atoms with Gasteiger partial charge in [0.15, 0.2) is 0 Å². The first-order valence-corrected chi connectivity index (χ1v) is 8.68. The number of methoxy groups -OCH3 is 1. The molecule has 7 heteroatoms. The number of hydrogen-bond acceptors (Lipinski definition) is 5. The predicted molar refractivity (Wildman–Crippen MR) is 100 cm³/mol. The van der Waals surface area contributed by atoms with Crippen LogP contribution in [0.5, 0.6) is 5.75 Å². The number of hydrazine groups is 1. The quantitative estimate of drug-likeness (QED) is 0.530. The molecule has 6 nitrogen and oxygen atoms in total. The molecule has 2 unspecified atom stereocenters. The maximum atomic E-state index is 12.2. The van der Waals surface area contributed by atoms with Crippen LogP contribution in [0.3, 0.4) is 0 Å². The topological polar surface area (TPSA) is 74.8 Å². The second-order valence-corrected chi connectivity index (χ2v) is 6.60. The van der Waals surface area contributed by atoms with Crippen LogP contribution in [0.2, 0.25) is 0 Å². The number of hydrogen-bond donors (Lipinski definition) is 3. The van der Waals surface area contributed by atoms with E-state index in [0.717, 1.165) is 21.3 Å². The van der Waals surface area contributed by atoms with Gasteiger partial charge >= 0.3 is 0 Å². The van der Waals surface area contributed by atoms with Crippen LogP contribution in [0.1, 0.15) is 23.6 Å². The first-order valence-electron chi connectivity index (χ1n) is 7.89. The van der Waals surface area contributed by atoms with Crippen LogP contribution in [-0.4, -0.2) is 25.3 Å². The van der Waals surface area contributed by atoms with Crippen LogP contribution in [0, 0.1) is 0 Å². The van der Waals surface area contributed by atoms with Crippen molar-refractivity contribution in [1.29, 1.82) is 0 Å². The first kappa shape index (κ1) is 17.6. The SMILES string of the molecule is COc1ccc(C2CC(C(=O)N/N=C/c3ccc(Br)cc3)NN2)cc1. The highest BCUT2D eigenvalue weighted by atomic mass is 79.9. The molecule has 1 heterocycles. The van der Waals surface area contributed by atoms with Crippen molar-refractivity contribution in [3.05, 3.63) is 64.1 Å². The smallest absolute Gasteiger partial charge is 0.258 e. The fraction of sp³-hybridized carbons (Fsp3) is 0.222. The molecular weight excluding hydrogens is 384 g/mol. The van der Waals surface area contributed by atoms with Crippen molar-refractivity contribution in [1.82, 2.24) is 16.3 Å². The zero-order valence-corrected chi connectivity index (χ0v) is 15.3. The number of hydrazone groups is 1. The van der Waals surface area contributed by atoms with Crippen LogP contribution in [-0.2, 0) is 4.79 Å². The summed E-state index contributed by atoms with van der Waals surface area (Å²) in [6, 6.07) is 15.2. The summed E-state index contributed by atoms with van der Waals surface area (Å²) in [5.41, 5.74) is 10.8. The highest BCUT2D eigenvalue weighted by Crippen LogP contribution is 2.24. The molecule has 1 fully saturated rings. The van der Waals surface area contributed by atoms with Gasteiger partial charge in [0.2, 0.25) is 0 Å². The Morgan fingerprint density at radius 2 is 1.92 bits per heavy atom. The number of nitrogens with zero attached hydrogens (tertiary/aromatic N) is 1. The predicted octanol–water partition coefficient (Wildman–Crippen LogP) is 2.52. The lowest BCUT2D eigenvalue weighted by Gasteiger charge is -2.10. The lowest BCUT2D eigenvalue weighted by atomic mass is 10.0. The van der Waals surface area contributed by atoms with Gasteiger partial charge in [-0.1, -0.05) is 40.2 Å². The summed E-state index contributed by atoms with van der Waals surface area (Å²) in [6.45, 7) is 0. The van der Waals surface area contributed by atoms with E-state index >= 15 is 0 Å². The number of rotatable bonds is 5. The maximum absolute atomic E-state index is 12.2. The fourth-order valence-corrected chi connectivity index (χ4v) is 2.84. The van der Waals surface area contributed by atoms with E-state index in [4.69, 9.17) is 4.74 Å². The van der Waals surface area contributed by atoms with Gasteiger partial charge in [0.25, 0.3) is 5.91 Å². The summed E-state index contributed by atoms with van der Waals surface area (Å²) in [7, 11) is 1.64. The molecule has 0 aliphatic carbocycles. The van der Waals surface area contributed by atoms with Gasteiger partial charge in [-0.15, -0.1) is 0 Å². The van der Waals surface area contributed by atoms with E-state index in [9.17, 15) is 4.79 Å². The number of benzene rings is 2. The maximum Gasteiger partial charge on any atom is 0.258 e. The number of ether oxygens (including phenoxy) is 1. The summed E-state index contributed by atoms with van der Waals surface area (Å²) in [5, 5.41) is 4.01. The third-order valence-electron chi connectivity index (χ3n) is 4.00. The second-order valence-electron chi connectivity index (χ2n) is 5.69. The minimum atomic E-state index is -0.339. The van der Waals surface area contributed by atoms with Crippen molar-refractivity contribution < 1.29 is 9.53 Å². The molecule has 1 amide bonds. The summed E-state index contributed by atoms with van der Waals surface area (Å²) in [5.74, 6) is 0.642. The first-order chi connectivity index (χ1) is 12.2. The van der Waals surface area contributed by atoms with Crippen LogP contribution in [0.4, 0.5) is 0 Å². The van der Waals surface area contributed by atoms with Gasteiger partial charge in [-0.2, -0.15) is 5.10 Å². The Morgan fingerprint density at radius 3 is 2.60 bits per heavy atom. The molecule has 0 bridgehead atoms. The molecule has 0 aromatic heterocycles. The van der Waals surface area contributed by atoms with Gasteiger partial charge in [-0.25, -0.2) is 16.3 Å². The normalized spacial score (nSPS) is 19.9. The summed E-state index contributed by atoms with van der Waals surface area (Å²) in [6.07, 6.45) is 2.26. The Labute approximate surface area is 154 Å². The standard InChI is InChI=1S/C18H19BrN4O2/c1-25-15-8-4-13(5-9-15)16-10-17(22-21-16)18(24)23-20-11-12-2-6-14(19)7-3-12/h2-9,11,16-17,21-22H,10H2,1H3,(H,23,24)/b20-11+. The van der Waals surface area contributed by atoms with Crippen LogP contribution in [0.25, 0.3) is 0 Å². The molecule has 2 aromatic carbocycles. The van der Waals surface area contributed by atoms with Crippen LogP contribution in [0.15, 0.2) is 58.1 Å². The van der Waals surface area contributed by atoms with E-state index in [1.807, 2.05) is 48.5 Å². The minimum Gasteiger partial charge on any atom is -0.497 e. The molecule has 1 aliphatic heterocycles. The van der Waals surface area contributed by atoms with Crippen molar-refractivity contribution in [2.75, 3.05) is 7.11 Å². The van der Waals surface area contributed by atoms with Gasteiger partial charge in [-0.05, 0) is 41.8 Å². The molecule has 1 saturated heterocycles. The van der Waals surface area contributed by atoms with Crippen LogP contribution >= 0.6 is 15.9 Å². The third-order valence-corrected chi connectivity index (χ3v) is 4.52. The molecular formula is C18H19BrN4O2. The van der Waals surface area contributed by atoms with Gasteiger partial charge < -0.3 is 4.74 Å². The van der Waals surface area contributed by atoms with E-state index in [-0.39, 0.29) is 18.0 Å². The van der Waals surface area contributed by atoms with Crippen molar-refractivity contribution in [3.63, 3.8) is 0 Å². The highest BCUT2D eigenvalue weighted by Gasteiger charge is 2.29. The van der Waals surface area contributed by atoms with Crippen LogP contribution < -0.4 is 21.0 Å². The Hall–Kier alpha value is -2.22. The van der Waals surface area contributed by atoms with E-state index in [1.54, 1.807) is 13.3 Å². The fourth-order valence-electron chi connectivity index (χ4n) is 2.58. The Kier molecular flexibility index (Phi) is 5.80. The molecule has 2 atom stereocenters. The molecule has 130 valence electrons. The average Bonchev–Trinajstić information content (AvgIpc) is 3.13. The Balaban J connectivity index is 1.52. The third kappa shape index (κ3) is 4.66. The van der Waals surface area contributed by atoms with Gasteiger partial charge in [0, 0.05) is 10.5 Å². The molecule has 1 aliphatic rings. The molecule has 25 heavy (non-hydrogen) atoms. The van der Waals surface area contributed by atoms with E-state index < -0.39 is 0 Å². The number of nitrogens with one attached hydrogen (secondary N) is 3. The summed E-state index contributed by atoms with van der Waals surface area (Å²) in [4.78, 5) is 12.2. The summed E-state index contributed by atoms with van der Waals surface area (Å²) < 4.78 is 6.16. The van der Waals surface area contributed by atoms with Crippen molar-refractivity contribution >= 4 is 28.1 Å². The zero-order chi connectivity index (χ0) is 17.6. The van der Waals surface area contributed by atoms with Crippen molar-refractivity contribution in [2.45, 2.75) is 18.5 Å². The number of halogens is 1. The van der Waals surface area contributed by atoms with E-state index in [0.29, 0.717) is 6.42 Å². The van der Waals surface area contributed by atoms with Gasteiger partial charge in [0.1, 0.15) is 11.8 Å². The largest absolute Gasteiger partial charge is 0.497 e. The minimum absolute atomic E-state index is 0.0668. The number of carbonyl (C=O) groups excluding carboxylic acids is 1. The summed E-state index contributed by atoms with van der Waals surface area (Å²) >= 11 is 3.38. The molecule has 3 N–H and O–H groups in total. The highest BCUT2D eigenvalue weighted by molar-refractivity contribution is 9.10.